The molecule has 0 saturated heterocycles. The molecule has 0 atom stereocenters. The highest BCUT2D eigenvalue weighted by Crippen LogP contribution is 2.25. The van der Waals surface area contributed by atoms with E-state index in [1.807, 2.05) is 13.8 Å². The van der Waals surface area contributed by atoms with Crippen molar-refractivity contribution in [3.05, 3.63) is 23.0 Å². The van der Waals surface area contributed by atoms with Crippen LogP contribution in [0.25, 0.3) is 0 Å². The van der Waals surface area contributed by atoms with Gasteiger partial charge in [-0.1, -0.05) is 11.6 Å². The van der Waals surface area contributed by atoms with E-state index < -0.39 is 5.82 Å². The van der Waals surface area contributed by atoms with Gasteiger partial charge in [0.1, 0.15) is 5.82 Å². The van der Waals surface area contributed by atoms with Gasteiger partial charge in [-0.2, -0.15) is 0 Å². The summed E-state index contributed by atoms with van der Waals surface area (Å²) in [5.41, 5.74) is 6.28. The summed E-state index contributed by atoms with van der Waals surface area (Å²) in [4.78, 5) is 11.4. The predicted molar refractivity (Wildman–Crippen MR) is 67.6 cm³/mol. The Labute approximate surface area is 104 Å². The average molecular weight is 260 g/mol. The molecule has 1 rings (SSSR count). The summed E-state index contributed by atoms with van der Waals surface area (Å²) >= 11 is 5.56. The minimum atomic E-state index is -0.576. The topological polar surface area (TPSA) is 67.2 Å². The maximum Gasteiger partial charge on any atom is 0.239 e. The molecular formula is C11H15ClFN3O. The lowest BCUT2D eigenvalue weighted by atomic mass is 10.2. The number of rotatable bonds is 4. The van der Waals surface area contributed by atoms with Gasteiger partial charge < -0.3 is 16.4 Å². The van der Waals surface area contributed by atoms with Crippen LogP contribution in [0.4, 0.5) is 15.8 Å². The highest BCUT2D eigenvalue weighted by atomic mass is 35.5. The van der Waals surface area contributed by atoms with Crippen LogP contribution in [0.1, 0.15) is 13.8 Å². The molecule has 4 N–H and O–H groups in total. The molecule has 0 aromatic heterocycles. The van der Waals surface area contributed by atoms with Gasteiger partial charge in [0, 0.05) is 12.1 Å². The van der Waals surface area contributed by atoms with Gasteiger partial charge in [-0.15, -0.1) is 0 Å². The second-order valence-corrected chi connectivity index (χ2v) is 4.34. The summed E-state index contributed by atoms with van der Waals surface area (Å²) in [5, 5.41) is 5.40. The Morgan fingerprint density at radius 3 is 2.76 bits per heavy atom. The van der Waals surface area contributed by atoms with Crippen LogP contribution in [-0.4, -0.2) is 18.5 Å². The van der Waals surface area contributed by atoms with Gasteiger partial charge in [-0.05, 0) is 19.9 Å². The average Bonchev–Trinajstić information content (AvgIpc) is 2.20. The summed E-state index contributed by atoms with van der Waals surface area (Å²) in [6, 6.07) is 2.53. The van der Waals surface area contributed by atoms with Crippen molar-refractivity contribution in [3.63, 3.8) is 0 Å². The summed E-state index contributed by atoms with van der Waals surface area (Å²) < 4.78 is 13.2. The largest absolute Gasteiger partial charge is 0.397 e. The molecule has 0 fully saturated rings. The number of benzene rings is 1. The van der Waals surface area contributed by atoms with E-state index in [1.165, 1.54) is 12.1 Å². The molecule has 0 heterocycles. The number of nitrogens with one attached hydrogen (secondary N) is 2. The SMILES string of the molecule is CC(C)NC(=O)CNc1cc(F)c(Cl)cc1N. The van der Waals surface area contributed by atoms with Crippen molar-refractivity contribution in [2.24, 2.45) is 0 Å². The monoisotopic (exact) mass is 259 g/mol. The van der Waals surface area contributed by atoms with E-state index in [4.69, 9.17) is 17.3 Å². The number of carbonyl (C=O) groups excluding carboxylic acids is 1. The Hall–Kier alpha value is -1.49. The Morgan fingerprint density at radius 1 is 1.53 bits per heavy atom. The van der Waals surface area contributed by atoms with Gasteiger partial charge in [0.2, 0.25) is 5.91 Å². The first-order valence-electron chi connectivity index (χ1n) is 5.18. The van der Waals surface area contributed by atoms with E-state index in [1.54, 1.807) is 0 Å². The second-order valence-electron chi connectivity index (χ2n) is 3.93. The Morgan fingerprint density at radius 2 is 2.18 bits per heavy atom. The molecule has 0 aliphatic rings. The minimum Gasteiger partial charge on any atom is -0.397 e. The predicted octanol–water partition coefficient (Wildman–Crippen LogP) is 2.00. The molecule has 1 aromatic carbocycles. The van der Waals surface area contributed by atoms with Crippen LogP contribution in [0.15, 0.2) is 12.1 Å². The molecule has 6 heteroatoms. The van der Waals surface area contributed by atoms with Gasteiger partial charge in [0.25, 0.3) is 0 Å². The minimum absolute atomic E-state index is 0.0312. The zero-order valence-electron chi connectivity index (χ0n) is 9.68. The molecule has 0 saturated carbocycles. The number of halogens is 2. The Balaban J connectivity index is 2.63. The van der Waals surface area contributed by atoms with Crippen molar-refractivity contribution >= 4 is 28.9 Å². The Bertz CT molecular complexity index is 423. The zero-order chi connectivity index (χ0) is 13.0. The van der Waals surface area contributed by atoms with Gasteiger partial charge in [0.05, 0.1) is 22.9 Å². The van der Waals surface area contributed by atoms with Crippen LogP contribution < -0.4 is 16.4 Å². The van der Waals surface area contributed by atoms with Gasteiger partial charge >= 0.3 is 0 Å². The molecule has 1 amide bonds. The highest BCUT2D eigenvalue weighted by Gasteiger charge is 2.08. The Kier molecular flexibility index (Phi) is 4.57. The van der Waals surface area contributed by atoms with E-state index in [2.05, 4.69) is 10.6 Å². The van der Waals surface area contributed by atoms with E-state index in [-0.39, 0.29) is 23.5 Å². The third kappa shape index (κ3) is 4.11. The maximum absolute atomic E-state index is 13.2. The molecule has 0 unspecified atom stereocenters. The molecule has 0 radical (unpaired) electrons. The summed E-state index contributed by atoms with van der Waals surface area (Å²) in [5.74, 6) is -0.762. The standard InChI is InChI=1S/C11H15ClFN3O/c1-6(2)16-11(17)5-15-10-4-8(13)7(12)3-9(10)14/h3-4,6,15H,5,14H2,1-2H3,(H,16,17). The second kappa shape index (κ2) is 5.72. The molecule has 0 aliphatic carbocycles. The van der Waals surface area contributed by atoms with Crippen LogP contribution >= 0.6 is 11.6 Å². The van der Waals surface area contributed by atoms with Crippen LogP contribution in [-0.2, 0) is 4.79 Å². The van der Waals surface area contributed by atoms with Crippen molar-refractivity contribution in [1.29, 1.82) is 0 Å². The van der Waals surface area contributed by atoms with Crippen molar-refractivity contribution in [2.75, 3.05) is 17.6 Å². The first-order chi connectivity index (χ1) is 7.90. The first kappa shape index (κ1) is 13.6. The number of nitrogens with two attached hydrogens (primary N) is 1. The van der Waals surface area contributed by atoms with E-state index in [0.717, 1.165) is 0 Å². The van der Waals surface area contributed by atoms with Crippen molar-refractivity contribution in [2.45, 2.75) is 19.9 Å². The van der Waals surface area contributed by atoms with Crippen LogP contribution in [0.2, 0.25) is 5.02 Å². The molecule has 4 nitrogen and oxygen atoms in total. The number of anilines is 2. The summed E-state index contributed by atoms with van der Waals surface area (Å²) in [6.07, 6.45) is 0. The van der Waals surface area contributed by atoms with Gasteiger partial charge in [-0.3, -0.25) is 4.79 Å². The van der Waals surface area contributed by atoms with Crippen molar-refractivity contribution < 1.29 is 9.18 Å². The molecule has 0 spiro atoms. The van der Waals surface area contributed by atoms with Crippen LogP contribution in [0, 0.1) is 5.82 Å². The fraction of sp³-hybridized carbons (Fsp3) is 0.364. The summed E-state index contributed by atoms with van der Waals surface area (Å²) in [6.45, 7) is 3.74. The smallest absolute Gasteiger partial charge is 0.239 e. The third-order valence-corrected chi connectivity index (χ3v) is 2.27. The fourth-order valence-corrected chi connectivity index (χ4v) is 1.44. The summed E-state index contributed by atoms with van der Waals surface area (Å²) in [7, 11) is 0. The molecule has 94 valence electrons. The molecule has 1 aromatic rings. The highest BCUT2D eigenvalue weighted by molar-refractivity contribution is 6.31. The van der Waals surface area contributed by atoms with Crippen LogP contribution in [0.3, 0.4) is 0 Å². The van der Waals surface area contributed by atoms with E-state index in [9.17, 15) is 9.18 Å². The molecule has 0 bridgehead atoms. The fourth-order valence-electron chi connectivity index (χ4n) is 1.26. The molecule has 17 heavy (non-hydrogen) atoms. The number of hydrogen-bond donors (Lipinski definition) is 3. The molecule has 0 aliphatic heterocycles. The lowest BCUT2D eigenvalue weighted by molar-refractivity contribution is -0.119. The number of carbonyl (C=O) groups is 1. The lowest BCUT2D eigenvalue weighted by Crippen LogP contribution is -2.34. The number of amides is 1. The normalized spacial score (nSPS) is 10.4. The van der Waals surface area contributed by atoms with E-state index >= 15 is 0 Å². The third-order valence-electron chi connectivity index (χ3n) is 1.98. The van der Waals surface area contributed by atoms with Gasteiger partial charge in [-0.25, -0.2) is 4.39 Å². The quantitative estimate of drug-likeness (QED) is 0.725. The first-order valence-corrected chi connectivity index (χ1v) is 5.55. The molecular weight excluding hydrogens is 245 g/mol. The van der Waals surface area contributed by atoms with Crippen LogP contribution in [0.5, 0.6) is 0 Å². The van der Waals surface area contributed by atoms with Crippen molar-refractivity contribution in [1.82, 2.24) is 5.32 Å². The number of nitrogen functional groups attached to an aromatic ring is 1. The number of hydrogen-bond acceptors (Lipinski definition) is 3. The lowest BCUT2D eigenvalue weighted by Gasteiger charge is -2.12. The maximum atomic E-state index is 13.2. The van der Waals surface area contributed by atoms with Crippen molar-refractivity contribution in [3.8, 4) is 0 Å². The van der Waals surface area contributed by atoms with Gasteiger partial charge in [0.15, 0.2) is 0 Å². The zero-order valence-corrected chi connectivity index (χ0v) is 10.4. The van der Waals surface area contributed by atoms with E-state index in [0.29, 0.717) is 11.4 Å².